The number of amides is 5. The molecule has 1 aliphatic heterocycles. The normalized spacial score (nSPS) is 17.6. The second kappa shape index (κ2) is 15.4. The number of hydrogen-bond donors (Lipinski definition) is 5. The average molecular weight is 562 g/mol. The number of nitrogens with zero attached hydrogens (tertiary/aromatic N) is 4. The van der Waals surface area contributed by atoms with Crippen molar-refractivity contribution in [1.29, 1.82) is 0 Å². The van der Waals surface area contributed by atoms with Crippen LogP contribution in [0.5, 0.6) is 0 Å². The molecule has 0 unspecified atom stereocenters. The van der Waals surface area contributed by atoms with E-state index < -0.39 is 72.5 Å². The number of nitrogens with one attached hydrogen (secondary N) is 3. The molecule has 1 aliphatic rings. The number of carbonyl (C=O) groups is 5. The molecule has 0 saturated carbocycles. The highest BCUT2D eigenvalue weighted by Crippen LogP contribution is 2.19. The van der Waals surface area contributed by atoms with Gasteiger partial charge in [-0.15, -0.1) is 0 Å². The monoisotopic (exact) mass is 561 g/mol. The summed E-state index contributed by atoms with van der Waals surface area (Å²) < 4.78 is 5.11. The molecule has 1 fully saturated rings. The Hall–Kier alpha value is -4.20. The van der Waals surface area contributed by atoms with Crippen molar-refractivity contribution in [1.82, 2.24) is 20.9 Å². The predicted molar refractivity (Wildman–Crippen MR) is 140 cm³/mol. The van der Waals surface area contributed by atoms with Crippen LogP contribution in [0, 0.1) is 5.92 Å². The summed E-state index contributed by atoms with van der Waals surface area (Å²) in [7, 11) is 0. The van der Waals surface area contributed by atoms with E-state index in [9.17, 15) is 34.2 Å². The van der Waals surface area contributed by atoms with E-state index in [0.29, 0.717) is 6.42 Å². The fourth-order valence-electron chi connectivity index (χ4n) is 4.12. The average Bonchev–Trinajstić information content (AvgIpc) is 3.42. The number of likely N-dealkylation sites (tertiary alicyclic amines) is 1. The van der Waals surface area contributed by atoms with Crippen LogP contribution in [0.25, 0.3) is 10.4 Å². The first kappa shape index (κ1) is 32.0. The van der Waals surface area contributed by atoms with E-state index in [2.05, 4.69) is 26.0 Å². The summed E-state index contributed by atoms with van der Waals surface area (Å²) in [6.45, 7) is 3.90. The van der Waals surface area contributed by atoms with Gasteiger partial charge in [0.2, 0.25) is 23.6 Å². The zero-order valence-electron chi connectivity index (χ0n) is 22.5. The van der Waals surface area contributed by atoms with Crippen molar-refractivity contribution in [3.8, 4) is 0 Å². The summed E-state index contributed by atoms with van der Waals surface area (Å²) in [6, 6.07) is 3.82. The van der Waals surface area contributed by atoms with Gasteiger partial charge in [0.25, 0.3) is 0 Å². The molecule has 0 spiro atoms. The first-order valence-electron chi connectivity index (χ1n) is 12.8. The van der Waals surface area contributed by atoms with E-state index in [-0.39, 0.29) is 19.6 Å². The fourth-order valence-corrected chi connectivity index (χ4v) is 4.12. The smallest absolute Gasteiger partial charge is 0.408 e. The van der Waals surface area contributed by atoms with Crippen LogP contribution < -0.4 is 16.0 Å². The Balaban J connectivity index is 2.05. The van der Waals surface area contributed by atoms with Gasteiger partial charge in [0.1, 0.15) is 30.8 Å². The number of hydrogen-bond acceptors (Lipinski definition) is 8. The molecule has 5 atom stereocenters. The Labute approximate surface area is 230 Å². The lowest BCUT2D eigenvalue weighted by atomic mass is 10.0. The van der Waals surface area contributed by atoms with Crippen LogP contribution in [0.4, 0.5) is 4.79 Å². The lowest BCUT2D eigenvalue weighted by Crippen LogP contribution is -2.59. The second-order valence-corrected chi connectivity index (χ2v) is 9.62. The molecular formula is C25H35N7O8. The summed E-state index contributed by atoms with van der Waals surface area (Å²) >= 11 is 0. The number of rotatable bonds is 12. The van der Waals surface area contributed by atoms with Gasteiger partial charge in [0, 0.05) is 11.5 Å². The third-order valence-corrected chi connectivity index (χ3v) is 6.26. The van der Waals surface area contributed by atoms with Crippen molar-refractivity contribution >= 4 is 29.7 Å². The molecule has 2 rings (SSSR count). The van der Waals surface area contributed by atoms with Gasteiger partial charge in [-0.1, -0.05) is 44.2 Å². The number of carbonyl (C=O) groups excluding carboxylic acids is 5. The summed E-state index contributed by atoms with van der Waals surface area (Å²) in [5, 5.41) is 29.7. The first-order valence-corrected chi connectivity index (χ1v) is 12.8. The van der Waals surface area contributed by atoms with E-state index in [1.807, 2.05) is 6.07 Å². The lowest BCUT2D eigenvalue weighted by molar-refractivity contribution is -0.142. The minimum Gasteiger partial charge on any atom is -0.445 e. The molecule has 218 valence electrons. The number of azide groups is 1. The minimum absolute atomic E-state index is 0.0449. The Morgan fingerprint density at radius 3 is 2.35 bits per heavy atom. The molecular weight excluding hydrogens is 526 g/mol. The molecule has 1 aromatic carbocycles. The van der Waals surface area contributed by atoms with Gasteiger partial charge in [-0.3, -0.25) is 19.2 Å². The molecule has 1 heterocycles. The topological polar surface area (TPSA) is 223 Å². The van der Waals surface area contributed by atoms with Crippen LogP contribution in [-0.2, 0) is 30.5 Å². The van der Waals surface area contributed by atoms with Gasteiger partial charge < -0.3 is 35.8 Å². The van der Waals surface area contributed by atoms with Crippen LogP contribution in [-0.4, -0.2) is 88.3 Å². The van der Waals surface area contributed by atoms with E-state index in [1.165, 1.54) is 11.8 Å². The van der Waals surface area contributed by atoms with Crippen LogP contribution >= 0.6 is 0 Å². The lowest BCUT2D eigenvalue weighted by Gasteiger charge is -2.30. The maximum Gasteiger partial charge on any atom is 0.408 e. The fraction of sp³-hybridized carbons (Fsp3) is 0.560. The van der Waals surface area contributed by atoms with Crippen molar-refractivity contribution in [2.24, 2.45) is 11.0 Å². The van der Waals surface area contributed by atoms with Crippen molar-refractivity contribution in [2.45, 2.75) is 70.5 Å². The number of alkyl carbamates (subject to hydrolysis) is 1. The number of benzene rings is 1. The first-order chi connectivity index (χ1) is 19.0. The van der Waals surface area contributed by atoms with Gasteiger partial charge in [-0.2, -0.15) is 0 Å². The van der Waals surface area contributed by atoms with Crippen molar-refractivity contribution in [3.63, 3.8) is 0 Å². The molecule has 5 N–H and O–H groups in total. The predicted octanol–water partition coefficient (Wildman–Crippen LogP) is 0.108. The maximum atomic E-state index is 13.2. The van der Waals surface area contributed by atoms with Gasteiger partial charge in [-0.25, -0.2) is 4.79 Å². The third kappa shape index (κ3) is 8.93. The highest BCUT2D eigenvalue weighted by atomic mass is 16.5. The standard InChI is InChI=1S/C25H35N7O8/c1-14(2)19(22(36)29-20(15(3)34)23(37)30-31-26)28-21(35)18-10-7-11-32(18)24(38)17(12-33)27-25(39)40-13-16-8-5-4-6-9-16/h4-6,8-9,14-15,17-20,33-34H,7,10-13H2,1-3H3,(H,27,39)(H,28,35)(H,29,36)/t15-,17+,18+,19+,20+/m1/s1. The summed E-state index contributed by atoms with van der Waals surface area (Å²) in [5.41, 5.74) is 9.22. The number of aliphatic hydroxyl groups is 2. The summed E-state index contributed by atoms with van der Waals surface area (Å²) in [6.07, 6.45) is -1.57. The van der Waals surface area contributed by atoms with Crippen LogP contribution in [0.1, 0.15) is 39.2 Å². The van der Waals surface area contributed by atoms with Crippen LogP contribution in [0.2, 0.25) is 0 Å². The molecule has 0 bridgehead atoms. The third-order valence-electron chi connectivity index (χ3n) is 6.26. The molecule has 5 amide bonds. The van der Waals surface area contributed by atoms with Gasteiger partial charge in [0.15, 0.2) is 0 Å². The largest absolute Gasteiger partial charge is 0.445 e. The quantitative estimate of drug-likeness (QED) is 0.133. The maximum absolute atomic E-state index is 13.2. The Bertz CT molecular complexity index is 1110. The van der Waals surface area contributed by atoms with Gasteiger partial charge >= 0.3 is 6.09 Å². The second-order valence-electron chi connectivity index (χ2n) is 9.62. The zero-order valence-corrected chi connectivity index (χ0v) is 22.5. The number of aliphatic hydroxyl groups excluding tert-OH is 2. The highest BCUT2D eigenvalue weighted by Gasteiger charge is 2.39. The Morgan fingerprint density at radius 2 is 1.77 bits per heavy atom. The molecule has 1 saturated heterocycles. The van der Waals surface area contributed by atoms with Crippen molar-refractivity contribution in [3.05, 3.63) is 46.3 Å². The molecule has 1 aromatic rings. The van der Waals surface area contributed by atoms with E-state index in [0.717, 1.165) is 5.56 Å². The molecule has 0 aromatic heterocycles. The molecule has 0 radical (unpaired) electrons. The van der Waals surface area contributed by atoms with Gasteiger partial charge in [0.05, 0.1) is 12.7 Å². The van der Waals surface area contributed by atoms with Crippen molar-refractivity contribution in [2.75, 3.05) is 13.2 Å². The van der Waals surface area contributed by atoms with E-state index in [1.54, 1.807) is 38.1 Å². The van der Waals surface area contributed by atoms with Crippen LogP contribution in [0.15, 0.2) is 35.4 Å². The Kier molecular flexibility index (Phi) is 12.3. The van der Waals surface area contributed by atoms with E-state index in [4.69, 9.17) is 10.3 Å². The summed E-state index contributed by atoms with van der Waals surface area (Å²) in [4.78, 5) is 67.0. The van der Waals surface area contributed by atoms with Crippen molar-refractivity contribution < 1.29 is 38.9 Å². The van der Waals surface area contributed by atoms with Crippen LogP contribution in [0.3, 0.4) is 0 Å². The Morgan fingerprint density at radius 1 is 1.10 bits per heavy atom. The van der Waals surface area contributed by atoms with Gasteiger partial charge in [-0.05, 0) is 41.9 Å². The SMILES string of the molecule is CC(C)[C@H](NC(=O)[C@@H]1CCCN1C(=O)[C@H](CO)NC(=O)OCc1ccccc1)C(=O)N[C@H](C(=O)N=[N+]=[N-])[C@@H](C)O. The minimum atomic E-state index is -1.52. The highest BCUT2D eigenvalue weighted by molar-refractivity contribution is 5.96. The molecule has 15 heteroatoms. The molecule has 15 nitrogen and oxygen atoms in total. The zero-order chi connectivity index (χ0) is 29.8. The molecule has 40 heavy (non-hydrogen) atoms. The van der Waals surface area contributed by atoms with E-state index >= 15 is 0 Å². The summed E-state index contributed by atoms with van der Waals surface area (Å²) in [5.74, 6) is -3.72. The molecule has 0 aliphatic carbocycles. The number of ether oxygens (including phenoxy) is 1.